The van der Waals surface area contributed by atoms with Gasteiger partial charge in [0.25, 0.3) is 5.91 Å². The fraction of sp³-hybridized carbons (Fsp3) is 0.500. The van der Waals surface area contributed by atoms with E-state index in [1.807, 2.05) is 6.92 Å². The van der Waals surface area contributed by atoms with Crippen molar-refractivity contribution in [3.63, 3.8) is 0 Å². The predicted molar refractivity (Wildman–Crippen MR) is 70.8 cm³/mol. The standard InChI is InChI=1S/C14H17F4NO3/c1-3-7(2)9(20)6-19-13(21)11-8(15)4-5-10(12(11)16)22-14(17)18/h4-5,7,9,14,20H,3,6H2,1-2H3,(H,19,21). The molecule has 22 heavy (non-hydrogen) atoms. The van der Waals surface area contributed by atoms with Crippen LogP contribution < -0.4 is 10.1 Å². The van der Waals surface area contributed by atoms with Crippen LogP contribution in [-0.2, 0) is 0 Å². The van der Waals surface area contributed by atoms with Gasteiger partial charge in [0.2, 0.25) is 0 Å². The number of hydrogen-bond donors (Lipinski definition) is 2. The molecule has 0 spiro atoms. The minimum atomic E-state index is -3.30. The van der Waals surface area contributed by atoms with Gasteiger partial charge in [-0.2, -0.15) is 8.78 Å². The number of hydrogen-bond acceptors (Lipinski definition) is 3. The molecule has 1 aromatic carbocycles. The summed E-state index contributed by atoms with van der Waals surface area (Å²) in [7, 11) is 0. The molecular formula is C14H17F4NO3. The Hall–Kier alpha value is -1.83. The van der Waals surface area contributed by atoms with Crippen molar-refractivity contribution in [1.29, 1.82) is 0 Å². The van der Waals surface area contributed by atoms with E-state index in [2.05, 4.69) is 10.1 Å². The SMILES string of the molecule is CCC(C)C(O)CNC(=O)c1c(F)ccc(OC(F)F)c1F. The van der Waals surface area contributed by atoms with Crippen molar-refractivity contribution in [1.82, 2.24) is 5.32 Å². The summed E-state index contributed by atoms with van der Waals surface area (Å²) in [5.74, 6) is -4.94. The first-order chi connectivity index (χ1) is 10.3. The highest BCUT2D eigenvalue weighted by Gasteiger charge is 2.23. The average Bonchev–Trinajstić information content (AvgIpc) is 2.46. The monoisotopic (exact) mass is 323 g/mol. The number of alkyl halides is 2. The molecule has 4 nitrogen and oxygen atoms in total. The van der Waals surface area contributed by atoms with Crippen molar-refractivity contribution in [2.75, 3.05) is 6.54 Å². The maximum absolute atomic E-state index is 13.9. The molecule has 0 aliphatic rings. The fourth-order valence-corrected chi connectivity index (χ4v) is 1.69. The summed E-state index contributed by atoms with van der Waals surface area (Å²) >= 11 is 0. The van der Waals surface area contributed by atoms with Gasteiger partial charge in [0.05, 0.1) is 6.10 Å². The molecule has 2 unspecified atom stereocenters. The van der Waals surface area contributed by atoms with Crippen molar-refractivity contribution >= 4 is 5.91 Å². The van der Waals surface area contributed by atoms with E-state index in [0.29, 0.717) is 18.6 Å². The minimum absolute atomic E-state index is 0.122. The van der Waals surface area contributed by atoms with E-state index < -0.39 is 41.6 Å². The summed E-state index contributed by atoms with van der Waals surface area (Å²) in [5.41, 5.74) is -1.03. The van der Waals surface area contributed by atoms with E-state index in [1.165, 1.54) is 0 Å². The van der Waals surface area contributed by atoms with Gasteiger partial charge < -0.3 is 15.2 Å². The summed E-state index contributed by atoms with van der Waals surface area (Å²) < 4.78 is 55.5. The molecular weight excluding hydrogens is 306 g/mol. The Morgan fingerprint density at radius 3 is 2.55 bits per heavy atom. The second kappa shape index (κ2) is 7.98. The molecule has 1 amide bonds. The third-order valence-corrected chi connectivity index (χ3v) is 3.27. The molecule has 1 aromatic rings. The summed E-state index contributed by atoms with van der Waals surface area (Å²) in [6, 6.07) is 1.32. The number of aliphatic hydroxyl groups excluding tert-OH is 1. The summed E-state index contributed by atoms with van der Waals surface area (Å²) in [4.78, 5) is 11.8. The Morgan fingerprint density at radius 2 is 2.00 bits per heavy atom. The number of ether oxygens (including phenoxy) is 1. The predicted octanol–water partition coefficient (Wildman–Crippen LogP) is 2.70. The van der Waals surface area contributed by atoms with E-state index in [0.717, 1.165) is 0 Å². The van der Waals surface area contributed by atoms with Crippen molar-refractivity contribution in [2.45, 2.75) is 33.0 Å². The van der Waals surface area contributed by atoms with Crippen LogP contribution in [0.25, 0.3) is 0 Å². The second-order valence-corrected chi connectivity index (χ2v) is 4.78. The molecule has 0 aliphatic heterocycles. The minimum Gasteiger partial charge on any atom is -0.432 e. The maximum Gasteiger partial charge on any atom is 0.387 e. The third-order valence-electron chi connectivity index (χ3n) is 3.27. The van der Waals surface area contributed by atoms with Gasteiger partial charge in [-0.15, -0.1) is 0 Å². The largest absolute Gasteiger partial charge is 0.432 e. The normalized spacial score (nSPS) is 13.8. The van der Waals surface area contributed by atoms with Crippen LogP contribution in [-0.4, -0.2) is 30.3 Å². The van der Waals surface area contributed by atoms with Crippen LogP contribution in [0.1, 0.15) is 30.6 Å². The number of carbonyl (C=O) groups is 1. The van der Waals surface area contributed by atoms with Crippen molar-refractivity contribution < 1.29 is 32.2 Å². The molecule has 0 saturated carbocycles. The first-order valence-electron chi connectivity index (χ1n) is 6.67. The fourth-order valence-electron chi connectivity index (χ4n) is 1.69. The van der Waals surface area contributed by atoms with Gasteiger partial charge in [0, 0.05) is 6.54 Å². The smallest absolute Gasteiger partial charge is 0.387 e. The van der Waals surface area contributed by atoms with E-state index in [9.17, 15) is 27.5 Å². The van der Waals surface area contributed by atoms with Gasteiger partial charge in [0.1, 0.15) is 11.4 Å². The average molecular weight is 323 g/mol. The summed E-state index contributed by atoms with van der Waals surface area (Å²) in [6.45, 7) is 0.0603. The van der Waals surface area contributed by atoms with Crippen LogP contribution >= 0.6 is 0 Å². The highest BCUT2D eigenvalue weighted by atomic mass is 19.3. The molecule has 0 aromatic heterocycles. The van der Waals surface area contributed by atoms with Crippen LogP contribution in [0.4, 0.5) is 17.6 Å². The van der Waals surface area contributed by atoms with Crippen LogP contribution in [0.15, 0.2) is 12.1 Å². The molecule has 0 heterocycles. The van der Waals surface area contributed by atoms with Gasteiger partial charge >= 0.3 is 6.61 Å². The number of rotatable bonds is 7. The lowest BCUT2D eigenvalue weighted by Gasteiger charge is -2.18. The van der Waals surface area contributed by atoms with Crippen LogP contribution in [0.2, 0.25) is 0 Å². The van der Waals surface area contributed by atoms with E-state index in [4.69, 9.17) is 0 Å². The van der Waals surface area contributed by atoms with Gasteiger partial charge in [-0.05, 0) is 18.1 Å². The third kappa shape index (κ3) is 4.59. The number of nitrogens with one attached hydrogen (secondary N) is 1. The zero-order valence-electron chi connectivity index (χ0n) is 12.1. The Kier molecular flexibility index (Phi) is 6.61. The highest BCUT2D eigenvalue weighted by Crippen LogP contribution is 2.24. The van der Waals surface area contributed by atoms with Gasteiger partial charge in [-0.3, -0.25) is 4.79 Å². The molecule has 0 radical (unpaired) electrons. The molecule has 2 atom stereocenters. The lowest BCUT2D eigenvalue weighted by atomic mass is 10.0. The van der Waals surface area contributed by atoms with E-state index in [-0.39, 0.29) is 12.5 Å². The number of aliphatic hydroxyl groups is 1. The number of benzene rings is 1. The molecule has 8 heteroatoms. The number of amides is 1. The van der Waals surface area contributed by atoms with Crippen molar-refractivity contribution in [3.05, 3.63) is 29.3 Å². The van der Waals surface area contributed by atoms with Gasteiger partial charge in [0.15, 0.2) is 11.6 Å². The summed E-state index contributed by atoms with van der Waals surface area (Å²) in [6.07, 6.45) is -0.238. The van der Waals surface area contributed by atoms with E-state index in [1.54, 1.807) is 6.92 Å². The van der Waals surface area contributed by atoms with Crippen molar-refractivity contribution in [2.24, 2.45) is 5.92 Å². The van der Waals surface area contributed by atoms with Gasteiger partial charge in [-0.1, -0.05) is 20.3 Å². The molecule has 0 aliphatic carbocycles. The first kappa shape index (κ1) is 18.2. The Morgan fingerprint density at radius 1 is 1.36 bits per heavy atom. The molecule has 124 valence electrons. The number of carbonyl (C=O) groups excluding carboxylic acids is 1. The second-order valence-electron chi connectivity index (χ2n) is 4.78. The topological polar surface area (TPSA) is 58.6 Å². The summed E-state index contributed by atoms with van der Waals surface area (Å²) in [5, 5.41) is 11.9. The number of halogens is 4. The molecule has 0 saturated heterocycles. The Bertz CT molecular complexity index is 525. The Balaban J connectivity index is 2.88. The molecule has 0 fully saturated rings. The lowest BCUT2D eigenvalue weighted by Crippen LogP contribution is -2.36. The van der Waals surface area contributed by atoms with Gasteiger partial charge in [-0.25, -0.2) is 8.78 Å². The van der Waals surface area contributed by atoms with E-state index >= 15 is 0 Å². The zero-order chi connectivity index (χ0) is 16.9. The lowest BCUT2D eigenvalue weighted by molar-refractivity contribution is -0.0523. The van der Waals surface area contributed by atoms with Crippen molar-refractivity contribution in [3.8, 4) is 5.75 Å². The van der Waals surface area contributed by atoms with Crippen LogP contribution in [0.5, 0.6) is 5.75 Å². The highest BCUT2D eigenvalue weighted by molar-refractivity contribution is 5.95. The Labute approximate surface area is 125 Å². The quantitative estimate of drug-likeness (QED) is 0.759. The zero-order valence-corrected chi connectivity index (χ0v) is 12.1. The molecule has 0 bridgehead atoms. The first-order valence-corrected chi connectivity index (χ1v) is 6.67. The van der Waals surface area contributed by atoms with Crippen LogP contribution in [0.3, 0.4) is 0 Å². The van der Waals surface area contributed by atoms with Crippen LogP contribution in [0, 0.1) is 17.6 Å². The molecule has 2 N–H and O–H groups in total. The molecule has 1 rings (SSSR count). The maximum atomic E-state index is 13.9.